The maximum Gasteiger partial charge on any atom is 3.00 e. The number of aliphatic hydroxyl groups is 1. The zero-order chi connectivity index (χ0) is 19.1. The van der Waals surface area contributed by atoms with E-state index in [9.17, 15) is 15.3 Å². The van der Waals surface area contributed by atoms with Gasteiger partial charge in [-0.3, -0.25) is 0 Å². The Kier molecular flexibility index (Phi) is 25.5. The van der Waals surface area contributed by atoms with E-state index in [1.54, 1.807) is 41.5 Å². The maximum atomic E-state index is 9.53. The molecule has 6 heteroatoms. The van der Waals surface area contributed by atoms with Gasteiger partial charge in [0, 0.05) is 6.23 Å². The average Bonchev–Trinajstić information content (AvgIpc) is 2.38. The van der Waals surface area contributed by atoms with E-state index in [0.717, 1.165) is 0 Å². The van der Waals surface area contributed by atoms with Crippen molar-refractivity contribution in [2.75, 3.05) is 6.23 Å². The van der Waals surface area contributed by atoms with Crippen LogP contribution in [0, 0.1) is 0 Å². The molecule has 0 amide bonds. The van der Waals surface area contributed by atoms with E-state index in [-0.39, 0.29) is 21.7 Å². The Morgan fingerprint density at radius 3 is 1.25 bits per heavy atom. The van der Waals surface area contributed by atoms with Gasteiger partial charge in [0.05, 0.1) is 0 Å². The van der Waals surface area contributed by atoms with Gasteiger partial charge in [-0.25, -0.2) is 0 Å². The molecule has 139 valence electrons. The summed E-state index contributed by atoms with van der Waals surface area (Å²) in [7, 11) is -1.50. The van der Waals surface area contributed by atoms with E-state index in [4.69, 9.17) is 5.11 Å². The molecule has 24 heavy (non-hydrogen) atoms. The molecule has 0 aliphatic rings. The van der Waals surface area contributed by atoms with E-state index < -0.39 is 26.4 Å². The fourth-order valence-corrected chi connectivity index (χ4v) is 2.26. The Balaban J connectivity index is -0.000000130. The third-order valence-electron chi connectivity index (χ3n) is 1.95. The number of hydrogen-bond acceptors (Lipinski definition) is 4. The standard InChI is InChI=1S/C9H14OSi.3C3H7O.Ti/c1-11(2,8-10)9-6-4-3-5-7-9;3*1-3(2)4;/h3-7,10H,8H2,1-2H3;3*3H,1-2H3;/q;3*-1;+3. The molecule has 0 saturated carbocycles. The van der Waals surface area contributed by atoms with Crippen LogP contribution in [-0.4, -0.2) is 37.7 Å². The first kappa shape index (κ1) is 31.7. The van der Waals surface area contributed by atoms with Crippen molar-refractivity contribution in [1.29, 1.82) is 0 Å². The molecule has 0 atom stereocenters. The molecule has 0 aromatic heterocycles. The van der Waals surface area contributed by atoms with Gasteiger partial charge in [-0.05, 0) is 0 Å². The van der Waals surface area contributed by atoms with Crippen LogP contribution in [0.15, 0.2) is 30.3 Å². The van der Waals surface area contributed by atoms with Crippen LogP contribution in [0.3, 0.4) is 0 Å². The van der Waals surface area contributed by atoms with E-state index in [1.165, 1.54) is 5.19 Å². The topological polar surface area (TPSA) is 89.4 Å². The molecular weight excluding hydrogens is 356 g/mol. The van der Waals surface area contributed by atoms with Crippen LogP contribution in [0.1, 0.15) is 41.5 Å². The largest absolute Gasteiger partial charge is 3.00 e. The van der Waals surface area contributed by atoms with Gasteiger partial charge >= 0.3 is 21.7 Å². The third kappa shape index (κ3) is 33.6. The second-order valence-corrected chi connectivity index (χ2v) is 11.2. The van der Waals surface area contributed by atoms with Crippen LogP contribution in [0.5, 0.6) is 0 Å². The van der Waals surface area contributed by atoms with E-state index in [0.29, 0.717) is 6.23 Å². The van der Waals surface area contributed by atoms with Crippen LogP contribution in [-0.2, 0) is 21.7 Å². The van der Waals surface area contributed by atoms with Gasteiger partial charge in [0.25, 0.3) is 0 Å². The van der Waals surface area contributed by atoms with E-state index in [1.807, 2.05) is 18.2 Å². The summed E-state index contributed by atoms with van der Waals surface area (Å²) in [6, 6.07) is 10.3. The number of aliphatic hydroxyl groups excluding tert-OH is 1. The quantitative estimate of drug-likeness (QED) is 0.739. The Hall–Kier alpha value is -0.00883. The molecule has 0 aliphatic carbocycles. The van der Waals surface area contributed by atoms with Crippen LogP contribution >= 0.6 is 0 Å². The minimum absolute atomic E-state index is 0. The molecule has 0 saturated heterocycles. The number of rotatable bonds is 2. The molecule has 0 spiro atoms. The van der Waals surface area contributed by atoms with Crippen molar-refractivity contribution in [1.82, 2.24) is 0 Å². The van der Waals surface area contributed by atoms with Gasteiger partial charge in [-0.1, -0.05) is 90.2 Å². The van der Waals surface area contributed by atoms with Crippen molar-refractivity contribution in [3.05, 3.63) is 30.3 Å². The summed E-state index contributed by atoms with van der Waals surface area (Å²) >= 11 is 0. The minimum atomic E-state index is -1.50. The minimum Gasteiger partial charge on any atom is -0.852 e. The molecule has 1 aromatic rings. The second-order valence-electron chi connectivity index (χ2n) is 6.55. The Bertz CT molecular complexity index is 322. The summed E-state index contributed by atoms with van der Waals surface area (Å²) in [6.07, 6.45) is -0.920. The molecule has 0 heterocycles. The Morgan fingerprint density at radius 2 is 1.04 bits per heavy atom. The maximum absolute atomic E-state index is 9.53. The first-order valence-corrected chi connectivity index (χ1v) is 11.2. The van der Waals surface area contributed by atoms with E-state index in [2.05, 4.69) is 25.2 Å². The van der Waals surface area contributed by atoms with Gasteiger partial charge in [0.15, 0.2) is 0 Å². The SMILES string of the molecule is CC(C)[O-].CC(C)[O-].CC(C)[O-].C[Si](C)(CO)c1ccccc1.[Ti+3]. The number of hydrogen-bond donors (Lipinski definition) is 1. The predicted octanol–water partition coefficient (Wildman–Crippen LogP) is 0.396. The first-order chi connectivity index (χ1) is 10.4. The molecule has 4 nitrogen and oxygen atoms in total. The summed E-state index contributed by atoms with van der Waals surface area (Å²) in [6.45, 7) is 14.0. The average molecular weight is 391 g/mol. The molecular formula is C18H35O4SiTi. The zero-order valence-electron chi connectivity index (χ0n) is 16.5. The monoisotopic (exact) mass is 391 g/mol. The molecule has 0 bridgehead atoms. The Morgan fingerprint density at radius 1 is 0.792 bits per heavy atom. The molecule has 1 rings (SSSR count). The van der Waals surface area contributed by atoms with Gasteiger partial charge in [0.1, 0.15) is 8.07 Å². The molecule has 0 fully saturated rings. The van der Waals surface area contributed by atoms with E-state index >= 15 is 0 Å². The Labute approximate surface area is 164 Å². The van der Waals surface area contributed by atoms with Crippen molar-refractivity contribution in [2.45, 2.75) is 72.9 Å². The van der Waals surface area contributed by atoms with Crippen molar-refractivity contribution < 1.29 is 42.1 Å². The van der Waals surface area contributed by atoms with Crippen molar-refractivity contribution in [2.24, 2.45) is 0 Å². The zero-order valence-corrected chi connectivity index (χ0v) is 19.1. The molecule has 0 unspecified atom stereocenters. The summed E-state index contributed by atoms with van der Waals surface area (Å²) in [5.74, 6) is 0. The van der Waals surface area contributed by atoms with Gasteiger partial charge in [-0.15, -0.1) is 18.3 Å². The fourth-order valence-electron chi connectivity index (χ4n) is 0.981. The van der Waals surface area contributed by atoms with Crippen LogP contribution in [0.25, 0.3) is 0 Å². The van der Waals surface area contributed by atoms with Crippen molar-refractivity contribution in [3.8, 4) is 0 Å². The third-order valence-corrected chi connectivity index (χ3v) is 4.64. The number of benzene rings is 1. The van der Waals surface area contributed by atoms with Crippen LogP contribution < -0.4 is 20.5 Å². The van der Waals surface area contributed by atoms with Gasteiger partial charge in [0.2, 0.25) is 0 Å². The fraction of sp³-hybridized carbons (Fsp3) is 0.667. The molecule has 0 aliphatic heterocycles. The van der Waals surface area contributed by atoms with Crippen molar-refractivity contribution in [3.63, 3.8) is 0 Å². The smallest absolute Gasteiger partial charge is 0.852 e. The summed E-state index contributed by atoms with van der Waals surface area (Å²) < 4.78 is 0. The van der Waals surface area contributed by atoms with Crippen LogP contribution in [0.2, 0.25) is 13.1 Å². The summed E-state index contributed by atoms with van der Waals surface area (Å²) in [5, 5.41) is 39.0. The molecule has 1 aromatic carbocycles. The first-order valence-electron chi connectivity index (χ1n) is 8.00. The molecule has 1 radical (unpaired) electrons. The summed E-state index contributed by atoms with van der Waals surface area (Å²) in [4.78, 5) is 0. The normalized spacial score (nSPS) is 9.79. The van der Waals surface area contributed by atoms with Crippen LogP contribution in [0.4, 0.5) is 0 Å². The van der Waals surface area contributed by atoms with Gasteiger partial charge < -0.3 is 20.4 Å². The summed E-state index contributed by atoms with van der Waals surface area (Å²) in [5.41, 5.74) is 0. The van der Waals surface area contributed by atoms with Crippen molar-refractivity contribution >= 4 is 13.3 Å². The predicted molar refractivity (Wildman–Crippen MR) is 96.1 cm³/mol. The van der Waals surface area contributed by atoms with Gasteiger partial charge in [-0.2, -0.15) is 0 Å². The molecule has 1 N–H and O–H groups in total. The second kappa shape index (κ2) is 19.3.